The van der Waals surface area contributed by atoms with Gasteiger partial charge in [-0.2, -0.15) is 0 Å². The molecular weight excluding hydrogens is 1350 g/mol. The van der Waals surface area contributed by atoms with Crippen LogP contribution in [0, 0.1) is 6.92 Å². The Morgan fingerprint density at radius 2 is 0.934 bits per heavy atom. The fourth-order valence-corrected chi connectivity index (χ4v) is 14.8. The summed E-state index contributed by atoms with van der Waals surface area (Å²) in [6, 6.07) is 58.1. The number of nitrogens with zero attached hydrogens (tertiary/aromatic N) is 6. The molecule has 2 fully saturated rings. The molecule has 2 aliphatic rings. The molecule has 0 unspecified atom stereocenters. The second kappa shape index (κ2) is 37.7. The van der Waals surface area contributed by atoms with Crippen molar-refractivity contribution >= 4 is 102 Å². The van der Waals surface area contributed by atoms with E-state index in [1.54, 1.807) is 55.1 Å². The Morgan fingerprint density at radius 3 is 1.48 bits per heavy atom. The number of oxime groups is 2. The van der Waals surface area contributed by atoms with Gasteiger partial charge in [-0.05, 0) is 170 Å². The van der Waals surface area contributed by atoms with E-state index in [0.717, 1.165) is 147 Å². The summed E-state index contributed by atoms with van der Waals surface area (Å²) >= 11 is 1.64. The molecular formula is C89H102N6O10S. The van der Waals surface area contributed by atoms with Crippen molar-refractivity contribution in [2.45, 2.75) is 174 Å². The standard InChI is InChI=1S/C36H51N3O4.C27H27NO3S.C26H24N2O3/c1-6-7-8-9-10-11-16-39-31-25-27(33(40)35(2,3)37-17-21-42-22-18-37)12-14-29(31)30-15-13-28(26-32(30)39)34(41)36(4,5)38-19-23-43-24-20-38;1-2-3-4-11-16-25(28-31-27(30)22-12-7-5-8-13-22)26(29)21-17-19-24(20-18-21)32-23-14-9-6-10-15-23;1-5-28-24-12-10-19(17(3)27-31-18(4)29)14-22(24)23-15-20(11-13-25(23)28)26(30)21-9-7-6-8-16(21)2/h12-15,25-26H,6-11,16-24H2,1-5H3;5-10,12-15,17-20H,2-4,11,16H2,1H3;6-15H,5H2,1-4H3. The van der Waals surface area contributed by atoms with Crippen LogP contribution in [0.3, 0.4) is 0 Å². The van der Waals surface area contributed by atoms with Gasteiger partial charge in [0.2, 0.25) is 5.78 Å². The summed E-state index contributed by atoms with van der Waals surface area (Å²) in [6.45, 7) is 27.0. The normalized spacial score (nSPS) is 14.0. The van der Waals surface area contributed by atoms with Crippen LogP contribution in [-0.4, -0.2) is 129 Å². The van der Waals surface area contributed by atoms with Crippen LogP contribution >= 0.6 is 11.8 Å². The lowest BCUT2D eigenvalue weighted by molar-refractivity contribution is -0.140. The Bertz CT molecular complexity index is 4670. The Hall–Kier alpha value is -9.49. The van der Waals surface area contributed by atoms with Gasteiger partial charge in [-0.25, -0.2) is 9.59 Å². The summed E-state index contributed by atoms with van der Waals surface area (Å²) in [7, 11) is 0. The van der Waals surface area contributed by atoms with Gasteiger partial charge in [-0.3, -0.25) is 29.0 Å². The highest BCUT2D eigenvalue weighted by Gasteiger charge is 2.38. The molecule has 2 saturated heterocycles. The second-order valence-corrected chi connectivity index (χ2v) is 29.5. The van der Waals surface area contributed by atoms with Crippen molar-refractivity contribution in [2.75, 3.05) is 52.6 Å². The molecule has 0 spiro atoms. The van der Waals surface area contributed by atoms with Crippen molar-refractivity contribution in [3.05, 3.63) is 226 Å². The van der Waals surface area contributed by atoms with Gasteiger partial charge in [0.1, 0.15) is 5.71 Å². The van der Waals surface area contributed by atoms with E-state index in [2.05, 4.69) is 74.3 Å². The first-order chi connectivity index (χ1) is 51.2. The Balaban J connectivity index is 0.000000173. The molecule has 0 aliphatic carbocycles. The SMILES string of the molecule is CCCCCCC(=NOC(=O)c1ccccc1)C(=O)c1ccc(Sc2ccccc2)cc1.CCCCCCCCn1c2cc(C(=O)C(C)(C)N3CCOCC3)ccc2c2ccc(C(=O)C(C)(C)N3CCOCC3)cc21.CCn1c2ccc(C(=O)c3ccccc3C)cc2c2cc(C(C)=NOC(C)=O)ccc21. The highest BCUT2D eigenvalue weighted by Crippen LogP contribution is 2.36. The van der Waals surface area contributed by atoms with E-state index in [4.69, 9.17) is 19.1 Å². The molecule has 0 amide bonds. The van der Waals surface area contributed by atoms with Gasteiger partial charge in [-0.15, -0.1) is 0 Å². The van der Waals surface area contributed by atoms with Gasteiger partial charge in [0.25, 0.3) is 0 Å². The molecule has 0 atom stereocenters. The van der Waals surface area contributed by atoms with Crippen LogP contribution in [0.1, 0.15) is 201 Å². The molecule has 8 aromatic carbocycles. The molecule has 2 aromatic heterocycles. The smallest absolute Gasteiger partial charge is 0.365 e. The maximum atomic E-state index is 14.0. The highest BCUT2D eigenvalue weighted by molar-refractivity contribution is 7.99. The summed E-state index contributed by atoms with van der Waals surface area (Å²) in [5.41, 5.74) is 9.57. The fourth-order valence-electron chi connectivity index (χ4n) is 14.0. The molecule has 0 N–H and O–H groups in total. The molecule has 16 nitrogen and oxygen atoms in total. The first-order valence-corrected chi connectivity index (χ1v) is 38.5. The number of ketones is 4. The van der Waals surface area contributed by atoms with Crippen molar-refractivity contribution in [1.29, 1.82) is 0 Å². The fraction of sp³-hybridized carbons (Fsp3) is 0.371. The van der Waals surface area contributed by atoms with Gasteiger partial charge in [-0.1, -0.05) is 178 Å². The number of benzene rings is 8. The predicted molar refractivity (Wildman–Crippen MR) is 428 cm³/mol. The van der Waals surface area contributed by atoms with Crippen LogP contribution in [0.15, 0.2) is 202 Å². The lowest BCUT2D eigenvalue weighted by Crippen LogP contribution is -2.54. The first-order valence-electron chi connectivity index (χ1n) is 37.6. The van der Waals surface area contributed by atoms with Crippen LogP contribution < -0.4 is 0 Å². The summed E-state index contributed by atoms with van der Waals surface area (Å²) < 4.78 is 15.7. The molecule has 17 heteroatoms. The highest BCUT2D eigenvalue weighted by atomic mass is 32.2. The Kier molecular flexibility index (Phi) is 28.1. The molecule has 2 aliphatic heterocycles. The monoisotopic (exact) mass is 1450 g/mol. The second-order valence-electron chi connectivity index (χ2n) is 28.3. The minimum absolute atomic E-state index is 0.0150. The van der Waals surface area contributed by atoms with E-state index in [-0.39, 0.29) is 28.8 Å². The number of unbranched alkanes of at least 4 members (excludes halogenated alkanes) is 8. The zero-order valence-electron chi connectivity index (χ0n) is 63.3. The van der Waals surface area contributed by atoms with Crippen molar-refractivity contribution in [1.82, 2.24) is 18.9 Å². The average molecular weight is 1450 g/mol. The van der Waals surface area contributed by atoms with E-state index in [1.807, 2.05) is 156 Å². The maximum Gasteiger partial charge on any atom is 0.365 e. The molecule has 4 heterocycles. The van der Waals surface area contributed by atoms with Gasteiger partial charge < -0.3 is 28.3 Å². The number of carbonyl (C=O) groups excluding carboxylic acids is 6. The number of aromatic nitrogens is 2. The van der Waals surface area contributed by atoms with E-state index in [9.17, 15) is 28.8 Å². The van der Waals surface area contributed by atoms with E-state index in [1.165, 1.54) is 39.0 Å². The van der Waals surface area contributed by atoms with Gasteiger partial charge >= 0.3 is 11.9 Å². The number of aryl methyl sites for hydroxylation is 3. The van der Waals surface area contributed by atoms with Crippen LogP contribution in [0.5, 0.6) is 0 Å². The largest absolute Gasteiger partial charge is 0.379 e. The lowest BCUT2D eigenvalue weighted by atomic mass is 9.90. The van der Waals surface area contributed by atoms with E-state index >= 15 is 0 Å². The minimum Gasteiger partial charge on any atom is -0.379 e. The number of fused-ring (bicyclic) bond motifs is 6. The van der Waals surface area contributed by atoms with Crippen LogP contribution in [0.25, 0.3) is 43.6 Å². The molecule has 12 rings (SSSR count). The zero-order valence-corrected chi connectivity index (χ0v) is 64.2. The van der Waals surface area contributed by atoms with Crippen molar-refractivity contribution in [2.24, 2.45) is 10.3 Å². The number of ether oxygens (including phenoxy) is 2. The molecule has 0 radical (unpaired) electrons. The number of Topliss-reactive ketones (excluding diaryl/α,β-unsaturated/α-hetero) is 3. The Morgan fingerprint density at radius 1 is 0.453 bits per heavy atom. The number of morpholine rings is 2. The van der Waals surface area contributed by atoms with Crippen LogP contribution in [0.2, 0.25) is 0 Å². The maximum absolute atomic E-state index is 14.0. The summed E-state index contributed by atoms with van der Waals surface area (Å²) in [5.74, 6) is -0.951. The van der Waals surface area contributed by atoms with E-state index < -0.39 is 23.0 Å². The Labute approximate surface area is 628 Å². The number of hydrogen-bond acceptors (Lipinski definition) is 15. The third-order valence-corrected chi connectivity index (χ3v) is 21.3. The molecule has 10 aromatic rings. The first kappa shape index (κ1) is 79.1. The lowest BCUT2D eigenvalue weighted by Gasteiger charge is -2.39. The molecule has 0 bridgehead atoms. The van der Waals surface area contributed by atoms with Crippen molar-refractivity contribution < 1.29 is 47.9 Å². The van der Waals surface area contributed by atoms with Gasteiger partial charge in [0.05, 0.1) is 48.8 Å². The molecule has 106 heavy (non-hydrogen) atoms. The molecule has 554 valence electrons. The molecule has 0 saturated carbocycles. The third-order valence-electron chi connectivity index (χ3n) is 20.3. The summed E-state index contributed by atoms with van der Waals surface area (Å²) in [5, 5.41) is 12.2. The van der Waals surface area contributed by atoms with Crippen LogP contribution in [0.4, 0.5) is 0 Å². The van der Waals surface area contributed by atoms with E-state index in [0.29, 0.717) is 60.8 Å². The van der Waals surface area contributed by atoms with Gasteiger partial charge in [0, 0.05) is 127 Å². The minimum atomic E-state index is -0.613. The van der Waals surface area contributed by atoms with Gasteiger partial charge in [0.15, 0.2) is 17.3 Å². The average Bonchev–Trinajstić information content (AvgIpc) is 1.59. The van der Waals surface area contributed by atoms with Crippen molar-refractivity contribution in [3.63, 3.8) is 0 Å². The number of rotatable bonds is 29. The zero-order chi connectivity index (χ0) is 75.3. The summed E-state index contributed by atoms with van der Waals surface area (Å²) in [4.78, 5) is 94.1. The quantitative estimate of drug-likeness (QED) is 0.0142. The van der Waals surface area contributed by atoms with Crippen molar-refractivity contribution in [3.8, 4) is 0 Å². The topological polar surface area (TPSA) is 180 Å². The number of hydrogen-bond donors (Lipinski definition) is 0. The number of carbonyl (C=O) groups is 6. The van der Waals surface area contributed by atoms with Crippen LogP contribution in [-0.2, 0) is 37.0 Å². The third kappa shape index (κ3) is 19.6. The predicted octanol–water partition coefficient (Wildman–Crippen LogP) is 19.6. The summed E-state index contributed by atoms with van der Waals surface area (Å²) in [6.07, 6.45) is 11.8.